The maximum Gasteiger partial charge on any atom is 0.155 e. The molecule has 3 heteroatoms. The van der Waals surface area contributed by atoms with Crippen LogP contribution in [0.3, 0.4) is 0 Å². The zero-order valence-corrected chi connectivity index (χ0v) is 18.5. The van der Waals surface area contributed by atoms with Crippen LogP contribution in [0.5, 0.6) is 0 Å². The lowest BCUT2D eigenvalue weighted by molar-refractivity contribution is -0.924. The van der Waals surface area contributed by atoms with E-state index in [1.165, 1.54) is 27.8 Å². The molecule has 0 N–H and O–H groups in total. The maximum atomic E-state index is 3.56. The third kappa shape index (κ3) is 2.87. The number of hydrogen-bond acceptors (Lipinski definition) is 0. The maximum absolute atomic E-state index is 3.56. The fraction of sp³-hybridized carbons (Fsp3) is 0.217. The normalized spacial score (nSPS) is 14.3. The molecule has 0 aliphatic heterocycles. The topological polar surface area (TPSA) is 0 Å². The van der Waals surface area contributed by atoms with E-state index in [1.54, 1.807) is 0 Å². The standard InChI is InChI=1S/C23H23BrN.BrH/c1-25(2,3)23(16-17-12-14-18(24)15-13-17)21-10-6-4-8-19(21)20-9-5-7-11-22(20)23;/h4-15H,16H2,1-3H3;1H/q+1;/p-1. The molecule has 3 aromatic rings. The van der Waals surface area contributed by atoms with Gasteiger partial charge in [0, 0.05) is 22.0 Å². The first-order valence-electron chi connectivity index (χ1n) is 8.69. The van der Waals surface area contributed by atoms with Gasteiger partial charge in [0.2, 0.25) is 0 Å². The average Bonchev–Trinajstić information content (AvgIpc) is 2.89. The Hall–Kier alpha value is -1.42. The van der Waals surface area contributed by atoms with Crippen LogP contribution in [0.25, 0.3) is 11.1 Å². The highest BCUT2D eigenvalue weighted by Gasteiger charge is 2.52. The number of halogens is 2. The first-order chi connectivity index (χ1) is 11.9. The van der Waals surface area contributed by atoms with Crippen molar-refractivity contribution in [1.29, 1.82) is 0 Å². The summed E-state index contributed by atoms with van der Waals surface area (Å²) in [5.41, 5.74) is 6.91. The van der Waals surface area contributed by atoms with Crippen molar-refractivity contribution in [3.63, 3.8) is 0 Å². The Morgan fingerprint density at radius 1 is 0.731 bits per heavy atom. The van der Waals surface area contributed by atoms with Crippen LogP contribution in [0.2, 0.25) is 0 Å². The largest absolute Gasteiger partial charge is 1.00 e. The van der Waals surface area contributed by atoms with E-state index in [0.717, 1.165) is 15.4 Å². The van der Waals surface area contributed by atoms with Gasteiger partial charge in [-0.2, -0.15) is 0 Å². The Bertz CT molecular complexity index is 878. The molecule has 0 bridgehead atoms. The summed E-state index contributed by atoms with van der Waals surface area (Å²) in [6.07, 6.45) is 0.984. The molecule has 26 heavy (non-hydrogen) atoms. The SMILES string of the molecule is C[N+](C)(C)C1(Cc2ccc(Br)cc2)c2ccccc2-c2ccccc21.[Br-]. The highest BCUT2D eigenvalue weighted by Crippen LogP contribution is 2.53. The average molecular weight is 473 g/mol. The summed E-state index contributed by atoms with van der Waals surface area (Å²) >= 11 is 3.56. The lowest BCUT2D eigenvalue weighted by Gasteiger charge is -2.45. The summed E-state index contributed by atoms with van der Waals surface area (Å²) in [6, 6.07) is 26.6. The number of quaternary nitrogens is 1. The highest BCUT2D eigenvalue weighted by molar-refractivity contribution is 9.10. The smallest absolute Gasteiger partial charge is 0.155 e. The number of benzene rings is 3. The summed E-state index contributed by atoms with van der Waals surface area (Å²) in [4.78, 5) is 0. The van der Waals surface area contributed by atoms with E-state index in [4.69, 9.17) is 0 Å². The molecule has 1 nitrogen and oxygen atoms in total. The van der Waals surface area contributed by atoms with Crippen molar-refractivity contribution in [2.24, 2.45) is 0 Å². The zero-order chi connectivity index (χ0) is 17.7. The lowest BCUT2D eigenvalue weighted by atomic mass is 9.79. The predicted octanol–water partition coefficient (Wildman–Crippen LogP) is 2.63. The Kier molecular flexibility index (Phi) is 5.17. The minimum Gasteiger partial charge on any atom is -1.00 e. The molecule has 0 fully saturated rings. The molecule has 0 aromatic heterocycles. The molecule has 1 aliphatic rings. The summed E-state index contributed by atoms with van der Waals surface area (Å²) < 4.78 is 1.99. The fourth-order valence-electron chi connectivity index (χ4n) is 4.35. The van der Waals surface area contributed by atoms with Gasteiger partial charge in [0.15, 0.2) is 5.54 Å². The fourth-order valence-corrected chi connectivity index (χ4v) is 4.61. The number of fused-ring (bicyclic) bond motifs is 3. The van der Waals surface area contributed by atoms with Gasteiger partial charge in [-0.15, -0.1) is 0 Å². The Morgan fingerprint density at radius 3 is 1.65 bits per heavy atom. The molecule has 0 saturated carbocycles. The van der Waals surface area contributed by atoms with Crippen LogP contribution in [0.1, 0.15) is 16.7 Å². The molecule has 0 atom stereocenters. The van der Waals surface area contributed by atoms with Gasteiger partial charge >= 0.3 is 0 Å². The third-order valence-electron chi connectivity index (χ3n) is 5.55. The number of rotatable bonds is 3. The van der Waals surface area contributed by atoms with Crippen LogP contribution >= 0.6 is 15.9 Å². The number of nitrogens with zero attached hydrogens (tertiary/aromatic N) is 1. The van der Waals surface area contributed by atoms with Gasteiger partial charge < -0.3 is 21.5 Å². The van der Waals surface area contributed by atoms with E-state index in [0.29, 0.717) is 0 Å². The van der Waals surface area contributed by atoms with E-state index in [1.807, 2.05) is 0 Å². The first kappa shape index (κ1) is 19.3. The summed E-state index contributed by atoms with van der Waals surface area (Å²) in [6.45, 7) is 0. The molecule has 134 valence electrons. The highest BCUT2D eigenvalue weighted by atomic mass is 79.9. The van der Waals surface area contributed by atoms with Crippen molar-refractivity contribution in [3.05, 3.63) is 94.0 Å². The predicted molar refractivity (Wildman–Crippen MR) is 109 cm³/mol. The van der Waals surface area contributed by atoms with E-state index < -0.39 is 0 Å². The van der Waals surface area contributed by atoms with Crippen molar-refractivity contribution in [1.82, 2.24) is 0 Å². The Labute approximate surface area is 175 Å². The molecular formula is C23H23Br2N. The van der Waals surface area contributed by atoms with Crippen LogP contribution in [-0.2, 0) is 12.0 Å². The third-order valence-corrected chi connectivity index (χ3v) is 6.08. The van der Waals surface area contributed by atoms with E-state index >= 15 is 0 Å². The van der Waals surface area contributed by atoms with Crippen LogP contribution < -0.4 is 17.0 Å². The molecule has 0 spiro atoms. The number of likely N-dealkylation sites (N-methyl/N-ethyl adjacent to an activating group) is 1. The van der Waals surface area contributed by atoms with Gasteiger partial charge in [0.25, 0.3) is 0 Å². The first-order valence-corrected chi connectivity index (χ1v) is 9.48. The zero-order valence-electron chi connectivity index (χ0n) is 15.3. The monoisotopic (exact) mass is 471 g/mol. The molecule has 0 amide bonds. The molecule has 3 aromatic carbocycles. The van der Waals surface area contributed by atoms with Gasteiger partial charge in [-0.25, -0.2) is 0 Å². The van der Waals surface area contributed by atoms with Crippen LogP contribution in [0.15, 0.2) is 77.3 Å². The van der Waals surface area contributed by atoms with Gasteiger partial charge in [-0.3, -0.25) is 0 Å². The van der Waals surface area contributed by atoms with Crippen LogP contribution in [0.4, 0.5) is 0 Å². The molecule has 4 rings (SSSR count). The second-order valence-electron chi connectivity index (χ2n) is 7.77. The minimum atomic E-state index is -0.0823. The van der Waals surface area contributed by atoms with Crippen molar-refractivity contribution < 1.29 is 21.5 Å². The summed E-state index contributed by atoms with van der Waals surface area (Å²) in [5, 5.41) is 0. The Morgan fingerprint density at radius 2 is 1.19 bits per heavy atom. The summed E-state index contributed by atoms with van der Waals surface area (Å²) in [7, 11) is 6.95. The van der Waals surface area contributed by atoms with Crippen molar-refractivity contribution >= 4 is 15.9 Å². The second kappa shape index (κ2) is 6.95. The van der Waals surface area contributed by atoms with Gasteiger partial charge in [-0.1, -0.05) is 76.6 Å². The quantitative estimate of drug-likeness (QED) is 0.514. The molecule has 1 aliphatic carbocycles. The van der Waals surface area contributed by atoms with E-state index in [9.17, 15) is 0 Å². The van der Waals surface area contributed by atoms with Gasteiger partial charge in [0.05, 0.1) is 21.1 Å². The van der Waals surface area contributed by atoms with Gasteiger partial charge in [-0.05, 0) is 28.8 Å². The van der Waals surface area contributed by atoms with Gasteiger partial charge in [0.1, 0.15) is 0 Å². The Balaban J connectivity index is 0.00000196. The number of hydrogen-bond donors (Lipinski definition) is 0. The molecular weight excluding hydrogens is 450 g/mol. The van der Waals surface area contributed by atoms with E-state index in [-0.39, 0.29) is 22.5 Å². The molecule has 0 saturated heterocycles. The molecule has 0 radical (unpaired) electrons. The van der Waals surface area contributed by atoms with E-state index in [2.05, 4.69) is 110 Å². The summed E-state index contributed by atoms with van der Waals surface area (Å²) in [5.74, 6) is 0. The van der Waals surface area contributed by atoms with Crippen molar-refractivity contribution in [2.75, 3.05) is 21.1 Å². The second-order valence-corrected chi connectivity index (χ2v) is 8.68. The van der Waals surface area contributed by atoms with Crippen molar-refractivity contribution in [2.45, 2.75) is 12.0 Å². The van der Waals surface area contributed by atoms with Crippen molar-refractivity contribution in [3.8, 4) is 11.1 Å². The lowest BCUT2D eigenvalue weighted by Crippen LogP contribution is -3.00. The minimum absolute atomic E-state index is 0. The van der Waals surface area contributed by atoms with Crippen LogP contribution in [-0.4, -0.2) is 25.6 Å². The molecule has 0 unspecified atom stereocenters. The molecule has 0 heterocycles. The van der Waals surface area contributed by atoms with Crippen LogP contribution in [0, 0.1) is 0 Å².